The van der Waals surface area contributed by atoms with Crippen molar-refractivity contribution in [1.29, 1.82) is 0 Å². The lowest BCUT2D eigenvalue weighted by atomic mass is 10.0. The summed E-state index contributed by atoms with van der Waals surface area (Å²) in [6.45, 7) is 3.65. The highest BCUT2D eigenvalue weighted by Crippen LogP contribution is 2.31. The molecule has 0 saturated carbocycles. The predicted molar refractivity (Wildman–Crippen MR) is 88.3 cm³/mol. The van der Waals surface area contributed by atoms with Crippen LogP contribution in [-0.4, -0.2) is 31.8 Å². The molecule has 0 spiro atoms. The summed E-state index contributed by atoms with van der Waals surface area (Å²) in [5.74, 6) is 1.49. The molecular formula is C17H24F3N3O. The van der Waals surface area contributed by atoms with Crippen molar-refractivity contribution in [2.24, 2.45) is 4.99 Å². The standard InChI is InChI=1S/C17H24F3N3O/c1-2-21-16(22-11-6-5-10-17(18,19)20)23-14-9-12-24-15-8-4-3-7-13(14)15/h3-4,7-8,14H,2,5-6,9-12H2,1H3,(H2,21,22,23). The third kappa shape index (κ3) is 5.94. The molecule has 0 aromatic heterocycles. The van der Waals surface area contributed by atoms with Gasteiger partial charge >= 0.3 is 6.18 Å². The van der Waals surface area contributed by atoms with Crippen LogP contribution in [0.5, 0.6) is 5.75 Å². The first kappa shape index (κ1) is 18.4. The number of hydrogen-bond acceptors (Lipinski definition) is 2. The summed E-state index contributed by atoms with van der Waals surface area (Å²) in [6.07, 6.45) is -3.50. The van der Waals surface area contributed by atoms with E-state index in [1.54, 1.807) is 0 Å². The molecule has 2 rings (SSSR count). The van der Waals surface area contributed by atoms with Gasteiger partial charge in [0.1, 0.15) is 5.75 Å². The first-order chi connectivity index (χ1) is 11.5. The topological polar surface area (TPSA) is 45.7 Å². The molecule has 7 heteroatoms. The monoisotopic (exact) mass is 343 g/mol. The van der Waals surface area contributed by atoms with E-state index in [0.29, 0.717) is 32.1 Å². The van der Waals surface area contributed by atoms with Gasteiger partial charge in [0.25, 0.3) is 0 Å². The van der Waals surface area contributed by atoms with Gasteiger partial charge in [-0.15, -0.1) is 0 Å². The van der Waals surface area contributed by atoms with Gasteiger partial charge in [-0.25, -0.2) is 0 Å². The molecule has 0 amide bonds. The van der Waals surface area contributed by atoms with Crippen LogP contribution in [0.15, 0.2) is 29.3 Å². The van der Waals surface area contributed by atoms with Crippen LogP contribution in [0, 0.1) is 0 Å². The van der Waals surface area contributed by atoms with Crippen molar-refractivity contribution in [1.82, 2.24) is 10.6 Å². The van der Waals surface area contributed by atoms with Crippen molar-refractivity contribution in [3.05, 3.63) is 29.8 Å². The largest absolute Gasteiger partial charge is 0.493 e. The Morgan fingerprint density at radius 2 is 2.08 bits per heavy atom. The highest BCUT2D eigenvalue weighted by molar-refractivity contribution is 5.80. The molecule has 0 fully saturated rings. The number of hydrogen-bond donors (Lipinski definition) is 2. The Morgan fingerprint density at radius 3 is 2.83 bits per heavy atom. The fourth-order valence-electron chi connectivity index (χ4n) is 2.61. The van der Waals surface area contributed by atoms with E-state index >= 15 is 0 Å². The average Bonchev–Trinajstić information content (AvgIpc) is 2.54. The molecule has 0 aliphatic carbocycles. The van der Waals surface area contributed by atoms with Gasteiger partial charge in [-0.05, 0) is 25.8 Å². The molecule has 0 radical (unpaired) electrons. The van der Waals surface area contributed by atoms with Crippen molar-refractivity contribution < 1.29 is 17.9 Å². The Hall–Kier alpha value is -1.92. The lowest BCUT2D eigenvalue weighted by molar-refractivity contribution is -0.135. The second-order valence-corrected chi connectivity index (χ2v) is 5.70. The maximum Gasteiger partial charge on any atom is 0.389 e. The number of nitrogens with one attached hydrogen (secondary N) is 2. The fourth-order valence-corrected chi connectivity index (χ4v) is 2.61. The Morgan fingerprint density at radius 1 is 1.29 bits per heavy atom. The molecular weight excluding hydrogens is 319 g/mol. The van der Waals surface area contributed by atoms with Crippen LogP contribution in [0.4, 0.5) is 13.2 Å². The first-order valence-corrected chi connectivity index (χ1v) is 8.33. The van der Waals surface area contributed by atoms with Crippen molar-refractivity contribution in [2.45, 2.75) is 44.8 Å². The van der Waals surface area contributed by atoms with Gasteiger partial charge in [0.05, 0.1) is 12.6 Å². The van der Waals surface area contributed by atoms with Crippen LogP contribution < -0.4 is 15.4 Å². The van der Waals surface area contributed by atoms with Gasteiger partial charge in [-0.2, -0.15) is 13.2 Å². The van der Waals surface area contributed by atoms with Crippen LogP contribution in [0.1, 0.15) is 44.2 Å². The van der Waals surface area contributed by atoms with E-state index in [9.17, 15) is 13.2 Å². The molecule has 1 aliphatic rings. The van der Waals surface area contributed by atoms with E-state index in [1.165, 1.54) is 0 Å². The summed E-state index contributed by atoms with van der Waals surface area (Å²) in [5.41, 5.74) is 1.08. The van der Waals surface area contributed by atoms with Crippen LogP contribution >= 0.6 is 0 Å². The van der Waals surface area contributed by atoms with E-state index in [1.807, 2.05) is 31.2 Å². The SMILES string of the molecule is CCNC(=NCCCCC(F)(F)F)NC1CCOc2ccccc21. The lowest BCUT2D eigenvalue weighted by Gasteiger charge is -2.28. The summed E-state index contributed by atoms with van der Waals surface area (Å²) in [5, 5.41) is 6.50. The summed E-state index contributed by atoms with van der Waals surface area (Å²) in [6, 6.07) is 7.93. The molecule has 1 aliphatic heterocycles. The number of nitrogens with zero attached hydrogens (tertiary/aromatic N) is 1. The highest BCUT2D eigenvalue weighted by Gasteiger charge is 2.26. The third-order valence-corrected chi connectivity index (χ3v) is 3.75. The van der Waals surface area contributed by atoms with Gasteiger partial charge in [0.15, 0.2) is 5.96 Å². The number of rotatable bonds is 6. The number of aliphatic imine (C=N–C) groups is 1. The van der Waals surface area contributed by atoms with Gasteiger partial charge in [-0.3, -0.25) is 4.99 Å². The zero-order valence-corrected chi connectivity index (χ0v) is 13.8. The molecule has 1 aromatic carbocycles. The predicted octanol–water partition coefficient (Wildman–Crippen LogP) is 3.80. The summed E-state index contributed by atoms with van der Waals surface area (Å²) >= 11 is 0. The number of para-hydroxylation sites is 1. The Bertz CT molecular complexity index is 546. The second-order valence-electron chi connectivity index (χ2n) is 5.70. The summed E-state index contributed by atoms with van der Waals surface area (Å²) in [7, 11) is 0. The normalized spacial score (nSPS) is 17.8. The van der Waals surface area contributed by atoms with E-state index in [-0.39, 0.29) is 12.5 Å². The number of alkyl halides is 3. The highest BCUT2D eigenvalue weighted by atomic mass is 19.4. The van der Waals surface area contributed by atoms with Crippen molar-refractivity contribution in [3.63, 3.8) is 0 Å². The van der Waals surface area contributed by atoms with Crippen molar-refractivity contribution in [2.75, 3.05) is 19.7 Å². The average molecular weight is 343 g/mol. The smallest absolute Gasteiger partial charge is 0.389 e. The Kier molecular flexibility index (Phi) is 6.75. The molecule has 4 nitrogen and oxygen atoms in total. The molecule has 1 atom stereocenters. The first-order valence-electron chi connectivity index (χ1n) is 8.33. The van der Waals surface area contributed by atoms with E-state index in [4.69, 9.17) is 4.74 Å². The van der Waals surface area contributed by atoms with Crippen LogP contribution in [0.25, 0.3) is 0 Å². The second kappa shape index (κ2) is 8.80. The molecule has 1 aromatic rings. The van der Waals surface area contributed by atoms with Gasteiger partial charge < -0.3 is 15.4 Å². The number of ether oxygens (including phenoxy) is 1. The Balaban J connectivity index is 1.90. The quantitative estimate of drug-likeness (QED) is 0.469. The molecule has 2 N–H and O–H groups in total. The fraction of sp³-hybridized carbons (Fsp3) is 0.588. The van der Waals surface area contributed by atoms with Crippen molar-refractivity contribution in [3.8, 4) is 5.75 Å². The van der Waals surface area contributed by atoms with Gasteiger partial charge in [0, 0.05) is 31.5 Å². The summed E-state index contributed by atoms with van der Waals surface area (Å²) < 4.78 is 42.1. The number of fused-ring (bicyclic) bond motifs is 1. The van der Waals surface area contributed by atoms with E-state index in [0.717, 1.165) is 17.7 Å². The Labute approximate surface area is 140 Å². The van der Waals surface area contributed by atoms with Crippen LogP contribution in [0.3, 0.4) is 0 Å². The minimum Gasteiger partial charge on any atom is -0.493 e. The maximum absolute atomic E-state index is 12.1. The molecule has 1 heterocycles. The molecule has 134 valence electrons. The van der Waals surface area contributed by atoms with Gasteiger partial charge in [0.2, 0.25) is 0 Å². The zero-order chi connectivity index (χ0) is 17.4. The molecule has 1 unspecified atom stereocenters. The minimum atomic E-state index is -4.09. The van der Waals surface area contributed by atoms with Crippen molar-refractivity contribution >= 4 is 5.96 Å². The van der Waals surface area contributed by atoms with E-state index < -0.39 is 12.6 Å². The van der Waals surface area contributed by atoms with Crippen LogP contribution in [-0.2, 0) is 0 Å². The summed E-state index contributed by atoms with van der Waals surface area (Å²) in [4.78, 5) is 4.39. The number of unbranched alkanes of at least 4 members (excludes halogenated alkanes) is 1. The number of benzene rings is 1. The zero-order valence-electron chi connectivity index (χ0n) is 13.8. The maximum atomic E-state index is 12.1. The number of guanidine groups is 1. The third-order valence-electron chi connectivity index (χ3n) is 3.75. The van der Waals surface area contributed by atoms with Crippen LogP contribution in [0.2, 0.25) is 0 Å². The van der Waals surface area contributed by atoms with E-state index in [2.05, 4.69) is 15.6 Å². The number of halogens is 3. The minimum absolute atomic E-state index is 0.0860. The molecule has 24 heavy (non-hydrogen) atoms. The molecule has 0 bridgehead atoms. The van der Waals surface area contributed by atoms with Gasteiger partial charge in [-0.1, -0.05) is 18.2 Å². The molecule has 0 saturated heterocycles. The lowest BCUT2D eigenvalue weighted by Crippen LogP contribution is -2.41.